The lowest BCUT2D eigenvalue weighted by Crippen LogP contribution is -2.32. The number of rotatable bonds is 6. The van der Waals surface area contributed by atoms with Gasteiger partial charge in [-0.25, -0.2) is 8.78 Å². The van der Waals surface area contributed by atoms with E-state index in [0.29, 0.717) is 5.56 Å². The van der Waals surface area contributed by atoms with E-state index in [4.69, 9.17) is 0 Å². The standard InChI is InChI=1S/C26H18F2N4O2S/c27-21-8-6-17(12-22(21)28)15-32-10-2-5-20(26(32)34)25(33)29-14-16-3-1-4-18(11-16)19-7-9-23-24(13-19)31-35-30-23/h1-13H,14-15H2,(H,29,33). The Labute approximate surface area is 202 Å². The summed E-state index contributed by atoms with van der Waals surface area (Å²) in [5, 5.41) is 2.79. The van der Waals surface area contributed by atoms with Gasteiger partial charge in [-0.15, -0.1) is 0 Å². The van der Waals surface area contributed by atoms with Gasteiger partial charge in [0.1, 0.15) is 16.6 Å². The summed E-state index contributed by atoms with van der Waals surface area (Å²) in [6.45, 7) is 0.239. The van der Waals surface area contributed by atoms with Crippen molar-refractivity contribution in [3.8, 4) is 11.1 Å². The molecule has 5 rings (SSSR count). The molecule has 0 atom stereocenters. The minimum Gasteiger partial charge on any atom is -0.348 e. The zero-order valence-corrected chi connectivity index (χ0v) is 19.1. The van der Waals surface area contributed by atoms with E-state index in [1.54, 1.807) is 6.07 Å². The van der Waals surface area contributed by atoms with Crippen LogP contribution < -0.4 is 10.9 Å². The number of halogens is 2. The second-order valence-electron chi connectivity index (χ2n) is 7.95. The Morgan fingerprint density at radius 3 is 2.54 bits per heavy atom. The Morgan fingerprint density at radius 1 is 0.857 bits per heavy atom. The summed E-state index contributed by atoms with van der Waals surface area (Å²) in [4.78, 5) is 25.6. The Bertz CT molecular complexity index is 1610. The molecule has 9 heteroatoms. The lowest BCUT2D eigenvalue weighted by Gasteiger charge is -2.10. The van der Waals surface area contributed by atoms with Crippen molar-refractivity contribution in [3.63, 3.8) is 0 Å². The molecule has 0 aliphatic rings. The summed E-state index contributed by atoms with van der Waals surface area (Å²) < 4.78 is 36.5. The second kappa shape index (κ2) is 9.55. The molecule has 0 aliphatic carbocycles. The number of hydrogen-bond acceptors (Lipinski definition) is 5. The van der Waals surface area contributed by atoms with Crippen molar-refractivity contribution in [2.45, 2.75) is 13.1 Å². The molecule has 0 fully saturated rings. The summed E-state index contributed by atoms with van der Waals surface area (Å²) in [5.74, 6) is -2.47. The molecule has 0 unspecified atom stereocenters. The molecule has 0 bridgehead atoms. The molecule has 35 heavy (non-hydrogen) atoms. The minimum atomic E-state index is -0.991. The molecule has 174 valence electrons. The molecule has 1 N–H and O–H groups in total. The Hall–Kier alpha value is -4.24. The quantitative estimate of drug-likeness (QED) is 0.373. The first-order chi connectivity index (χ1) is 17.0. The maximum Gasteiger partial charge on any atom is 0.263 e. The van der Waals surface area contributed by atoms with E-state index in [-0.39, 0.29) is 18.7 Å². The third kappa shape index (κ3) is 4.85. The molecule has 5 aromatic rings. The molecule has 2 heterocycles. The lowest BCUT2D eigenvalue weighted by atomic mass is 10.0. The van der Waals surface area contributed by atoms with E-state index in [1.165, 1.54) is 34.6 Å². The Morgan fingerprint density at radius 2 is 1.69 bits per heavy atom. The molecule has 6 nitrogen and oxygen atoms in total. The van der Waals surface area contributed by atoms with Crippen LogP contribution in [0.5, 0.6) is 0 Å². The van der Waals surface area contributed by atoms with Crippen LogP contribution in [0.2, 0.25) is 0 Å². The van der Waals surface area contributed by atoms with Crippen molar-refractivity contribution < 1.29 is 13.6 Å². The maximum atomic E-state index is 13.5. The van der Waals surface area contributed by atoms with Crippen molar-refractivity contribution in [1.29, 1.82) is 0 Å². The highest BCUT2D eigenvalue weighted by Gasteiger charge is 2.13. The molecule has 0 saturated carbocycles. The van der Waals surface area contributed by atoms with Gasteiger partial charge in [-0.1, -0.05) is 30.3 Å². The van der Waals surface area contributed by atoms with E-state index in [2.05, 4.69) is 14.1 Å². The van der Waals surface area contributed by atoms with E-state index < -0.39 is 23.1 Å². The van der Waals surface area contributed by atoms with Gasteiger partial charge in [-0.05, 0) is 64.7 Å². The number of pyridine rings is 1. The number of fused-ring (bicyclic) bond motifs is 1. The molecule has 0 saturated heterocycles. The average molecular weight is 489 g/mol. The summed E-state index contributed by atoms with van der Waals surface area (Å²) in [5.41, 5.74) is 4.36. The van der Waals surface area contributed by atoms with Crippen LogP contribution in [0.15, 0.2) is 83.8 Å². The van der Waals surface area contributed by atoms with Gasteiger partial charge in [0.25, 0.3) is 11.5 Å². The zero-order valence-electron chi connectivity index (χ0n) is 18.2. The first kappa shape index (κ1) is 22.5. The first-order valence-electron chi connectivity index (χ1n) is 10.7. The minimum absolute atomic E-state index is 0.0120. The van der Waals surface area contributed by atoms with Crippen LogP contribution in [0, 0.1) is 11.6 Å². The van der Waals surface area contributed by atoms with Gasteiger partial charge in [0.05, 0.1) is 18.3 Å². The predicted octanol–water partition coefficient (Wildman–Crippen LogP) is 4.78. The van der Waals surface area contributed by atoms with E-state index in [0.717, 1.165) is 39.9 Å². The van der Waals surface area contributed by atoms with E-state index in [9.17, 15) is 18.4 Å². The van der Waals surface area contributed by atoms with E-state index in [1.807, 2.05) is 42.5 Å². The Balaban J connectivity index is 1.30. The maximum absolute atomic E-state index is 13.5. The number of amides is 1. The summed E-state index contributed by atoms with van der Waals surface area (Å²) in [6, 6.07) is 20.0. The summed E-state index contributed by atoms with van der Waals surface area (Å²) in [6.07, 6.45) is 1.50. The molecule has 0 radical (unpaired) electrons. The van der Waals surface area contributed by atoms with E-state index >= 15 is 0 Å². The number of nitrogens with one attached hydrogen (secondary N) is 1. The SMILES string of the molecule is O=C(NCc1cccc(-c2ccc3nsnc3c2)c1)c1cccn(Cc2ccc(F)c(F)c2)c1=O. The van der Waals surface area contributed by atoms with Crippen molar-refractivity contribution in [2.75, 3.05) is 0 Å². The highest BCUT2D eigenvalue weighted by atomic mass is 32.1. The fourth-order valence-electron chi connectivity index (χ4n) is 3.77. The smallest absolute Gasteiger partial charge is 0.263 e. The van der Waals surface area contributed by atoms with Crippen LogP contribution in [-0.4, -0.2) is 19.2 Å². The number of benzene rings is 3. The molecule has 3 aromatic carbocycles. The molecular formula is C26H18F2N4O2S. The normalized spacial score (nSPS) is 11.0. The molecule has 1 amide bonds. The highest BCUT2D eigenvalue weighted by Crippen LogP contribution is 2.24. The van der Waals surface area contributed by atoms with Gasteiger partial charge >= 0.3 is 0 Å². The number of hydrogen-bond donors (Lipinski definition) is 1. The fourth-order valence-corrected chi connectivity index (χ4v) is 4.29. The van der Waals surface area contributed by atoms with Gasteiger partial charge < -0.3 is 9.88 Å². The zero-order chi connectivity index (χ0) is 24.4. The van der Waals surface area contributed by atoms with Crippen LogP contribution in [0.25, 0.3) is 22.2 Å². The molecular weight excluding hydrogens is 470 g/mol. The highest BCUT2D eigenvalue weighted by molar-refractivity contribution is 7.00. The topological polar surface area (TPSA) is 76.9 Å². The third-order valence-corrected chi connectivity index (χ3v) is 6.13. The van der Waals surface area contributed by atoms with Crippen LogP contribution in [0.4, 0.5) is 8.78 Å². The molecule has 0 spiro atoms. The largest absolute Gasteiger partial charge is 0.348 e. The van der Waals surface area contributed by atoms with Crippen molar-refractivity contribution >= 4 is 28.7 Å². The number of nitrogens with zero attached hydrogens (tertiary/aromatic N) is 3. The first-order valence-corrected chi connectivity index (χ1v) is 11.4. The van der Waals surface area contributed by atoms with Gasteiger partial charge in [-0.2, -0.15) is 8.75 Å². The van der Waals surface area contributed by atoms with Gasteiger partial charge in [0.15, 0.2) is 11.6 Å². The van der Waals surface area contributed by atoms with Crippen LogP contribution in [0.3, 0.4) is 0 Å². The predicted molar refractivity (Wildman–Crippen MR) is 130 cm³/mol. The Kier molecular flexibility index (Phi) is 6.15. The van der Waals surface area contributed by atoms with Gasteiger partial charge in [-0.3, -0.25) is 9.59 Å². The number of aromatic nitrogens is 3. The summed E-state index contributed by atoms with van der Waals surface area (Å²) in [7, 11) is 0. The van der Waals surface area contributed by atoms with Crippen molar-refractivity contribution in [1.82, 2.24) is 18.6 Å². The van der Waals surface area contributed by atoms with Crippen LogP contribution >= 0.6 is 11.7 Å². The monoisotopic (exact) mass is 488 g/mol. The van der Waals surface area contributed by atoms with Crippen molar-refractivity contribution in [3.05, 3.63) is 118 Å². The third-order valence-electron chi connectivity index (χ3n) is 5.57. The second-order valence-corrected chi connectivity index (χ2v) is 8.48. The van der Waals surface area contributed by atoms with Crippen LogP contribution in [0.1, 0.15) is 21.5 Å². The lowest BCUT2D eigenvalue weighted by molar-refractivity contribution is 0.0949. The summed E-state index contributed by atoms with van der Waals surface area (Å²) >= 11 is 1.17. The number of carbonyl (C=O) groups excluding carboxylic acids is 1. The number of carbonyl (C=O) groups is 1. The van der Waals surface area contributed by atoms with Crippen molar-refractivity contribution in [2.24, 2.45) is 0 Å². The van der Waals surface area contributed by atoms with Gasteiger partial charge in [0, 0.05) is 12.7 Å². The molecule has 0 aliphatic heterocycles. The fraction of sp³-hybridized carbons (Fsp3) is 0.0769. The average Bonchev–Trinajstić information content (AvgIpc) is 3.34. The van der Waals surface area contributed by atoms with Crippen LogP contribution in [-0.2, 0) is 13.1 Å². The molecule has 2 aromatic heterocycles. The van der Waals surface area contributed by atoms with Gasteiger partial charge in [0.2, 0.25) is 0 Å².